The fourth-order valence-electron chi connectivity index (χ4n) is 2.51. The Hall–Kier alpha value is -0.940. The van der Waals surface area contributed by atoms with Crippen molar-refractivity contribution in [2.45, 2.75) is 31.0 Å². The molecule has 1 aromatic rings. The van der Waals surface area contributed by atoms with Gasteiger partial charge in [0.15, 0.2) is 0 Å². The molecule has 0 bridgehead atoms. The first-order valence-electron chi connectivity index (χ1n) is 6.49. The second kappa shape index (κ2) is 6.22. The highest BCUT2D eigenvalue weighted by atomic mass is 35.5. The van der Waals surface area contributed by atoms with Gasteiger partial charge in [0.05, 0.1) is 11.7 Å². The maximum atomic E-state index is 13.0. The number of nitrogens with zero attached hydrogens (tertiary/aromatic N) is 1. The molecule has 0 saturated carbocycles. The highest BCUT2D eigenvalue weighted by Crippen LogP contribution is 2.35. The van der Waals surface area contributed by atoms with Gasteiger partial charge in [0, 0.05) is 31.8 Å². The Labute approximate surface area is 121 Å². The van der Waals surface area contributed by atoms with E-state index in [1.54, 1.807) is 13.2 Å². The summed E-state index contributed by atoms with van der Waals surface area (Å²) in [6.45, 7) is 1.37. The molecule has 1 atom stereocenters. The van der Waals surface area contributed by atoms with E-state index in [0.29, 0.717) is 12.2 Å². The first-order valence-corrected chi connectivity index (χ1v) is 7.03. The van der Waals surface area contributed by atoms with Gasteiger partial charge in [0.25, 0.3) is 0 Å². The third kappa shape index (κ3) is 3.38. The van der Waals surface area contributed by atoms with Crippen LogP contribution in [-0.4, -0.2) is 26.3 Å². The highest BCUT2D eigenvalue weighted by Gasteiger charge is 2.34. The summed E-state index contributed by atoms with van der Waals surface area (Å²) in [5.41, 5.74) is 0.0423. The van der Waals surface area contributed by atoms with Gasteiger partial charge in [-0.3, -0.25) is 0 Å². The molecule has 0 aliphatic carbocycles. The summed E-state index contributed by atoms with van der Waals surface area (Å²) in [5.74, 6) is -0.143. The average Bonchev–Trinajstić information content (AvgIpc) is 2.45. The molecule has 6 heteroatoms. The van der Waals surface area contributed by atoms with Gasteiger partial charge >= 0.3 is 6.18 Å². The maximum absolute atomic E-state index is 13.0. The van der Waals surface area contributed by atoms with Crippen molar-refractivity contribution in [3.8, 4) is 0 Å². The van der Waals surface area contributed by atoms with E-state index in [0.717, 1.165) is 19.4 Å². The van der Waals surface area contributed by atoms with Gasteiger partial charge in [-0.1, -0.05) is 6.07 Å². The summed E-state index contributed by atoms with van der Waals surface area (Å²) in [6, 6.07) is 4.35. The molecule has 1 unspecified atom stereocenters. The predicted molar refractivity (Wildman–Crippen MR) is 73.2 cm³/mol. The van der Waals surface area contributed by atoms with Crippen LogP contribution in [0, 0.1) is 0 Å². The fraction of sp³-hybridized carbons (Fsp3) is 0.571. The van der Waals surface area contributed by atoms with Crippen LogP contribution in [0.3, 0.4) is 0 Å². The van der Waals surface area contributed by atoms with Crippen LogP contribution in [0.5, 0.6) is 0 Å². The molecule has 112 valence electrons. The Balaban J connectivity index is 2.29. The summed E-state index contributed by atoms with van der Waals surface area (Å²) < 4.78 is 44.4. The lowest BCUT2D eigenvalue weighted by molar-refractivity contribution is -0.138. The molecule has 1 aliphatic heterocycles. The van der Waals surface area contributed by atoms with Gasteiger partial charge in [0.1, 0.15) is 0 Å². The van der Waals surface area contributed by atoms with Gasteiger partial charge < -0.3 is 9.64 Å². The van der Waals surface area contributed by atoms with E-state index in [4.69, 9.17) is 16.3 Å². The molecule has 0 radical (unpaired) electrons. The lowest BCUT2D eigenvalue weighted by atomic mass is 10.0. The molecule has 1 fully saturated rings. The van der Waals surface area contributed by atoms with Crippen LogP contribution in [0.4, 0.5) is 18.9 Å². The van der Waals surface area contributed by atoms with Crippen LogP contribution in [-0.2, 0) is 16.8 Å². The van der Waals surface area contributed by atoms with Crippen molar-refractivity contribution in [1.29, 1.82) is 0 Å². The molecule has 0 spiro atoms. The number of rotatable bonds is 3. The summed E-state index contributed by atoms with van der Waals surface area (Å²) in [5, 5.41) is 0. The number of anilines is 1. The molecule has 0 aromatic heterocycles. The molecular weight excluding hydrogens is 291 g/mol. The van der Waals surface area contributed by atoms with Crippen LogP contribution in [0.15, 0.2) is 18.2 Å². The van der Waals surface area contributed by atoms with Gasteiger partial charge in [-0.05, 0) is 30.5 Å². The normalized spacial score (nSPS) is 20.2. The molecule has 1 saturated heterocycles. The molecule has 0 amide bonds. The predicted octanol–water partition coefficient (Wildman–Crippen LogP) is 4.06. The van der Waals surface area contributed by atoms with Crippen molar-refractivity contribution >= 4 is 17.3 Å². The summed E-state index contributed by atoms with van der Waals surface area (Å²) >= 11 is 5.59. The lowest BCUT2D eigenvalue weighted by Crippen LogP contribution is -2.39. The zero-order valence-corrected chi connectivity index (χ0v) is 12.0. The van der Waals surface area contributed by atoms with Crippen LogP contribution in [0.1, 0.15) is 24.0 Å². The van der Waals surface area contributed by atoms with Gasteiger partial charge in [0.2, 0.25) is 0 Å². The van der Waals surface area contributed by atoms with Gasteiger partial charge in [-0.15, -0.1) is 11.6 Å². The molecular formula is C14H17ClF3NO. The highest BCUT2D eigenvalue weighted by molar-refractivity contribution is 6.17. The number of alkyl halides is 4. The van der Waals surface area contributed by atoms with E-state index < -0.39 is 11.7 Å². The van der Waals surface area contributed by atoms with Gasteiger partial charge in [-0.2, -0.15) is 13.2 Å². The SMILES string of the molecule is COC1CCCN(c2ccc(CCl)c(C(F)(F)F)c2)C1. The molecule has 1 heterocycles. The van der Waals surface area contributed by atoms with Crippen molar-refractivity contribution in [1.82, 2.24) is 0 Å². The second-order valence-corrected chi connectivity index (χ2v) is 5.19. The maximum Gasteiger partial charge on any atom is 0.416 e. The number of halogens is 4. The van der Waals surface area contributed by atoms with Crippen LogP contribution in [0.2, 0.25) is 0 Å². The number of hydrogen-bond donors (Lipinski definition) is 0. The molecule has 2 nitrogen and oxygen atoms in total. The minimum atomic E-state index is -4.38. The van der Waals surface area contributed by atoms with E-state index >= 15 is 0 Å². The van der Waals surface area contributed by atoms with Crippen molar-refractivity contribution < 1.29 is 17.9 Å². The Morgan fingerprint density at radius 2 is 2.15 bits per heavy atom. The van der Waals surface area contributed by atoms with Crippen molar-refractivity contribution in [3.63, 3.8) is 0 Å². The summed E-state index contributed by atoms with van der Waals surface area (Å²) in [4.78, 5) is 1.94. The summed E-state index contributed by atoms with van der Waals surface area (Å²) in [6.07, 6.45) is -2.45. The Morgan fingerprint density at radius 1 is 1.40 bits per heavy atom. The van der Waals surface area contributed by atoms with E-state index in [2.05, 4.69) is 0 Å². The number of piperidine rings is 1. The summed E-state index contributed by atoms with van der Waals surface area (Å²) in [7, 11) is 1.63. The van der Waals surface area contributed by atoms with Crippen molar-refractivity contribution in [2.75, 3.05) is 25.1 Å². The van der Waals surface area contributed by atoms with E-state index in [9.17, 15) is 13.2 Å². The first kappa shape index (κ1) is 15.4. The number of hydrogen-bond acceptors (Lipinski definition) is 2. The largest absolute Gasteiger partial charge is 0.416 e. The molecule has 0 N–H and O–H groups in total. The van der Waals surface area contributed by atoms with E-state index in [-0.39, 0.29) is 17.5 Å². The molecule has 1 aliphatic rings. The van der Waals surface area contributed by atoms with Crippen LogP contribution >= 0.6 is 11.6 Å². The smallest absolute Gasteiger partial charge is 0.380 e. The van der Waals surface area contributed by atoms with E-state index in [1.165, 1.54) is 12.1 Å². The monoisotopic (exact) mass is 307 g/mol. The fourth-order valence-corrected chi connectivity index (χ4v) is 2.74. The van der Waals surface area contributed by atoms with Crippen molar-refractivity contribution in [3.05, 3.63) is 29.3 Å². The van der Waals surface area contributed by atoms with E-state index in [1.807, 2.05) is 4.90 Å². The Morgan fingerprint density at radius 3 is 2.75 bits per heavy atom. The molecule has 1 aromatic carbocycles. The number of methoxy groups -OCH3 is 1. The molecule has 2 rings (SSSR count). The van der Waals surface area contributed by atoms with Crippen LogP contribution < -0.4 is 4.90 Å². The lowest BCUT2D eigenvalue weighted by Gasteiger charge is -2.34. The Bertz CT molecular complexity index is 464. The Kier molecular flexibility index (Phi) is 4.81. The molecule has 20 heavy (non-hydrogen) atoms. The van der Waals surface area contributed by atoms with Crippen LogP contribution in [0.25, 0.3) is 0 Å². The topological polar surface area (TPSA) is 12.5 Å². The standard InChI is InChI=1S/C14H17ClF3NO/c1-20-12-3-2-6-19(9-12)11-5-4-10(8-15)13(7-11)14(16,17)18/h4-5,7,12H,2-3,6,8-9H2,1H3. The quantitative estimate of drug-likeness (QED) is 0.781. The van der Waals surface area contributed by atoms with Gasteiger partial charge in [-0.25, -0.2) is 0 Å². The zero-order valence-electron chi connectivity index (χ0n) is 11.2. The first-order chi connectivity index (χ1) is 9.45. The second-order valence-electron chi connectivity index (χ2n) is 4.92. The third-order valence-corrected chi connectivity index (χ3v) is 3.91. The van der Waals surface area contributed by atoms with Crippen molar-refractivity contribution in [2.24, 2.45) is 0 Å². The zero-order chi connectivity index (χ0) is 14.8. The third-order valence-electron chi connectivity index (χ3n) is 3.62. The minimum Gasteiger partial charge on any atom is -0.380 e. The minimum absolute atomic E-state index is 0.0748. The number of ether oxygens (including phenoxy) is 1. The number of benzene rings is 1. The average molecular weight is 308 g/mol.